The highest BCUT2D eigenvalue weighted by molar-refractivity contribution is 5.79. The Morgan fingerprint density at radius 3 is 2.43 bits per heavy atom. The van der Waals surface area contributed by atoms with Gasteiger partial charge in [0.15, 0.2) is 0 Å². The number of fused-ring (bicyclic) bond motifs is 1. The van der Waals surface area contributed by atoms with Gasteiger partial charge in [-0.3, -0.25) is 9.88 Å². The first kappa shape index (κ1) is 19.3. The van der Waals surface area contributed by atoms with Crippen LogP contribution in [-0.4, -0.2) is 82.9 Å². The van der Waals surface area contributed by atoms with E-state index in [0.29, 0.717) is 6.04 Å². The van der Waals surface area contributed by atoms with E-state index in [1.165, 1.54) is 5.69 Å². The standard InChI is InChI=1S/C22H30N8/c1-17(2)27-9-11-29(12-10-27)22-15-24-19(14-25-22)18-13-21-20(3-4-26-30(21)16-18)28-7-5-23-6-8-28/h3-4,13-17,23H,5-12H2,1-2H3. The Balaban J connectivity index is 1.36. The first-order valence-electron chi connectivity index (χ1n) is 10.9. The molecule has 0 radical (unpaired) electrons. The number of hydrogen-bond donors (Lipinski definition) is 1. The molecular weight excluding hydrogens is 376 g/mol. The first-order valence-corrected chi connectivity index (χ1v) is 10.9. The molecule has 2 saturated heterocycles. The van der Waals surface area contributed by atoms with E-state index >= 15 is 0 Å². The third-order valence-corrected chi connectivity index (χ3v) is 6.25. The van der Waals surface area contributed by atoms with E-state index in [-0.39, 0.29) is 0 Å². The Morgan fingerprint density at radius 2 is 1.73 bits per heavy atom. The second-order valence-electron chi connectivity index (χ2n) is 8.39. The van der Waals surface area contributed by atoms with Gasteiger partial charge in [0.05, 0.1) is 29.3 Å². The highest BCUT2D eigenvalue weighted by atomic mass is 15.3. The summed E-state index contributed by atoms with van der Waals surface area (Å²) >= 11 is 0. The van der Waals surface area contributed by atoms with Crippen LogP contribution < -0.4 is 15.1 Å². The fourth-order valence-corrected chi connectivity index (χ4v) is 4.41. The molecule has 0 aromatic carbocycles. The van der Waals surface area contributed by atoms with E-state index < -0.39 is 0 Å². The highest BCUT2D eigenvalue weighted by Crippen LogP contribution is 2.27. The normalized spacial score (nSPS) is 18.5. The quantitative estimate of drug-likeness (QED) is 0.708. The van der Waals surface area contributed by atoms with Crippen molar-refractivity contribution in [2.75, 3.05) is 62.2 Å². The minimum atomic E-state index is 0.601. The van der Waals surface area contributed by atoms with Crippen LogP contribution in [0.2, 0.25) is 0 Å². The van der Waals surface area contributed by atoms with Crippen LogP contribution in [0.4, 0.5) is 11.5 Å². The minimum Gasteiger partial charge on any atom is -0.367 e. The molecule has 0 atom stereocenters. The van der Waals surface area contributed by atoms with E-state index in [2.05, 4.69) is 51.1 Å². The summed E-state index contributed by atoms with van der Waals surface area (Å²) in [5, 5.41) is 7.92. The lowest BCUT2D eigenvalue weighted by Crippen LogP contribution is -2.49. The fraction of sp³-hybridized carbons (Fsp3) is 0.500. The maximum absolute atomic E-state index is 4.73. The van der Waals surface area contributed by atoms with Gasteiger partial charge in [-0.25, -0.2) is 9.50 Å². The molecule has 30 heavy (non-hydrogen) atoms. The average Bonchev–Trinajstić information content (AvgIpc) is 3.24. The average molecular weight is 407 g/mol. The molecule has 0 unspecified atom stereocenters. The van der Waals surface area contributed by atoms with Gasteiger partial charge < -0.3 is 15.1 Å². The van der Waals surface area contributed by atoms with Gasteiger partial charge >= 0.3 is 0 Å². The molecule has 5 heterocycles. The summed E-state index contributed by atoms with van der Waals surface area (Å²) in [5.74, 6) is 0.963. The first-order chi connectivity index (χ1) is 14.7. The summed E-state index contributed by atoms with van der Waals surface area (Å²) in [5.41, 5.74) is 4.28. The molecule has 8 nitrogen and oxygen atoms in total. The monoisotopic (exact) mass is 406 g/mol. The lowest BCUT2D eigenvalue weighted by atomic mass is 10.2. The second kappa shape index (κ2) is 8.20. The van der Waals surface area contributed by atoms with E-state index in [9.17, 15) is 0 Å². The van der Waals surface area contributed by atoms with Gasteiger partial charge in [-0.15, -0.1) is 0 Å². The van der Waals surface area contributed by atoms with Crippen LogP contribution in [0.3, 0.4) is 0 Å². The molecule has 0 bridgehead atoms. The lowest BCUT2D eigenvalue weighted by molar-refractivity contribution is 0.209. The number of piperazine rings is 2. The van der Waals surface area contributed by atoms with E-state index in [1.807, 2.05) is 29.3 Å². The molecule has 8 heteroatoms. The smallest absolute Gasteiger partial charge is 0.147 e. The van der Waals surface area contributed by atoms with Crippen molar-refractivity contribution in [1.29, 1.82) is 0 Å². The zero-order chi connectivity index (χ0) is 20.5. The molecule has 2 aliphatic heterocycles. The Kier molecular flexibility index (Phi) is 5.26. The van der Waals surface area contributed by atoms with E-state index in [4.69, 9.17) is 9.97 Å². The third kappa shape index (κ3) is 3.73. The van der Waals surface area contributed by atoms with Crippen molar-refractivity contribution in [1.82, 2.24) is 29.8 Å². The lowest BCUT2D eigenvalue weighted by Gasteiger charge is -2.37. The van der Waals surface area contributed by atoms with E-state index in [0.717, 1.165) is 74.9 Å². The Morgan fingerprint density at radius 1 is 0.933 bits per heavy atom. The molecule has 3 aromatic rings. The zero-order valence-corrected chi connectivity index (χ0v) is 17.8. The minimum absolute atomic E-state index is 0.601. The van der Waals surface area contributed by atoms with Crippen molar-refractivity contribution in [3.63, 3.8) is 0 Å². The van der Waals surface area contributed by atoms with Gasteiger partial charge in [0.1, 0.15) is 5.82 Å². The van der Waals surface area contributed by atoms with Gasteiger partial charge in [-0.05, 0) is 26.0 Å². The predicted octanol–water partition coefficient (Wildman–Crippen LogP) is 1.73. The number of hydrogen-bond acceptors (Lipinski definition) is 7. The van der Waals surface area contributed by atoms with Crippen molar-refractivity contribution in [3.8, 4) is 11.3 Å². The molecule has 0 spiro atoms. The molecule has 0 amide bonds. The van der Waals surface area contributed by atoms with Crippen molar-refractivity contribution in [2.24, 2.45) is 0 Å². The number of rotatable bonds is 4. The summed E-state index contributed by atoms with van der Waals surface area (Å²) in [6.07, 6.45) is 7.72. The number of anilines is 2. The van der Waals surface area contributed by atoms with Gasteiger partial charge in [0.2, 0.25) is 0 Å². The molecule has 0 aliphatic carbocycles. The molecular formula is C22H30N8. The summed E-state index contributed by atoms with van der Waals surface area (Å²) in [6.45, 7) is 12.7. The van der Waals surface area contributed by atoms with Crippen LogP contribution in [0, 0.1) is 0 Å². The maximum Gasteiger partial charge on any atom is 0.147 e. The molecule has 2 aliphatic rings. The third-order valence-electron chi connectivity index (χ3n) is 6.25. The van der Waals surface area contributed by atoms with Gasteiger partial charge in [0, 0.05) is 76.4 Å². The topological polar surface area (TPSA) is 64.8 Å². The number of aromatic nitrogens is 4. The Hall–Kier alpha value is -2.71. The summed E-state index contributed by atoms with van der Waals surface area (Å²) < 4.78 is 1.95. The maximum atomic E-state index is 4.73. The second-order valence-corrected chi connectivity index (χ2v) is 8.39. The molecule has 158 valence electrons. The molecule has 5 rings (SSSR count). The van der Waals surface area contributed by atoms with Crippen LogP contribution in [0.1, 0.15) is 13.8 Å². The number of nitrogens with one attached hydrogen (secondary N) is 1. The molecule has 3 aromatic heterocycles. The van der Waals surface area contributed by atoms with Gasteiger partial charge in [0.25, 0.3) is 0 Å². The Bertz CT molecular complexity index is 982. The largest absolute Gasteiger partial charge is 0.367 e. The molecule has 2 fully saturated rings. The highest BCUT2D eigenvalue weighted by Gasteiger charge is 2.20. The van der Waals surface area contributed by atoms with Crippen molar-refractivity contribution >= 4 is 17.0 Å². The summed E-state index contributed by atoms with van der Waals surface area (Å²) in [7, 11) is 0. The predicted molar refractivity (Wildman–Crippen MR) is 120 cm³/mol. The Labute approximate surface area is 177 Å². The SMILES string of the molecule is CC(C)N1CCN(c2cnc(-c3cc4c(N5CCNCC5)ccnn4c3)cn2)CC1. The molecule has 1 N–H and O–H groups in total. The van der Waals surface area contributed by atoms with E-state index in [1.54, 1.807) is 0 Å². The van der Waals surface area contributed by atoms with Gasteiger partial charge in [-0.1, -0.05) is 0 Å². The van der Waals surface area contributed by atoms with Gasteiger partial charge in [-0.2, -0.15) is 5.10 Å². The van der Waals surface area contributed by atoms with Crippen molar-refractivity contribution < 1.29 is 0 Å². The van der Waals surface area contributed by atoms with Crippen LogP contribution >= 0.6 is 0 Å². The van der Waals surface area contributed by atoms with Crippen LogP contribution in [0.15, 0.2) is 36.9 Å². The summed E-state index contributed by atoms with van der Waals surface area (Å²) in [4.78, 5) is 16.7. The van der Waals surface area contributed by atoms with Crippen LogP contribution in [-0.2, 0) is 0 Å². The fourth-order valence-electron chi connectivity index (χ4n) is 4.41. The van der Waals surface area contributed by atoms with Crippen LogP contribution in [0.5, 0.6) is 0 Å². The van der Waals surface area contributed by atoms with Crippen molar-refractivity contribution in [3.05, 3.63) is 36.9 Å². The van der Waals surface area contributed by atoms with Crippen molar-refractivity contribution in [2.45, 2.75) is 19.9 Å². The zero-order valence-electron chi connectivity index (χ0n) is 17.8. The molecule has 0 saturated carbocycles. The number of nitrogens with zero attached hydrogens (tertiary/aromatic N) is 7. The van der Waals surface area contributed by atoms with Crippen LogP contribution in [0.25, 0.3) is 16.8 Å². The summed E-state index contributed by atoms with van der Waals surface area (Å²) in [6, 6.07) is 4.88.